The quantitative estimate of drug-likeness (QED) is 0.793. The second kappa shape index (κ2) is 7.37. The molecule has 1 amide bonds. The summed E-state index contributed by atoms with van der Waals surface area (Å²) >= 11 is 0. The third-order valence-electron chi connectivity index (χ3n) is 5.37. The Hall–Kier alpha value is -1.91. The highest BCUT2D eigenvalue weighted by Crippen LogP contribution is 2.40. The van der Waals surface area contributed by atoms with E-state index in [1.807, 2.05) is 25.7 Å². The Labute approximate surface area is 154 Å². The summed E-state index contributed by atoms with van der Waals surface area (Å²) in [4.78, 5) is 27.0. The van der Waals surface area contributed by atoms with Crippen molar-refractivity contribution in [2.24, 2.45) is 5.92 Å². The minimum atomic E-state index is -0.502. The zero-order valence-electron chi connectivity index (χ0n) is 15.8. The molecule has 5 heteroatoms. The Morgan fingerprint density at radius 3 is 2.23 bits per heavy atom. The molecule has 26 heavy (non-hydrogen) atoms. The van der Waals surface area contributed by atoms with E-state index in [1.54, 1.807) is 12.1 Å². The summed E-state index contributed by atoms with van der Waals surface area (Å²) in [6.07, 6.45) is 4.23. The number of ether oxygens (including phenoxy) is 1. The third kappa shape index (κ3) is 4.43. The number of hydrogen-bond donors (Lipinski definition) is 0. The summed E-state index contributed by atoms with van der Waals surface area (Å²) < 4.78 is 18.5. The lowest BCUT2D eigenvalue weighted by atomic mass is 9.85. The molecular formula is C21H28FNO3. The van der Waals surface area contributed by atoms with Crippen molar-refractivity contribution < 1.29 is 18.7 Å². The molecule has 2 saturated heterocycles. The van der Waals surface area contributed by atoms with Crippen LogP contribution in [0.4, 0.5) is 9.18 Å². The first-order valence-electron chi connectivity index (χ1n) is 9.51. The van der Waals surface area contributed by atoms with Gasteiger partial charge in [-0.2, -0.15) is 0 Å². The third-order valence-corrected chi connectivity index (χ3v) is 5.37. The summed E-state index contributed by atoms with van der Waals surface area (Å²) in [6.45, 7) is 5.62. The Bertz CT molecular complexity index is 651. The van der Waals surface area contributed by atoms with Crippen molar-refractivity contribution in [2.45, 2.75) is 77.0 Å². The molecule has 2 fully saturated rings. The van der Waals surface area contributed by atoms with E-state index in [9.17, 15) is 14.0 Å². The monoisotopic (exact) mass is 361 g/mol. The average Bonchev–Trinajstić information content (AvgIpc) is 2.83. The number of piperidine rings is 1. The minimum Gasteiger partial charge on any atom is -0.444 e. The Balaban J connectivity index is 1.55. The number of ketones is 1. The highest BCUT2D eigenvalue weighted by Gasteiger charge is 2.46. The molecule has 0 saturated carbocycles. The van der Waals surface area contributed by atoms with Gasteiger partial charge in [0.1, 0.15) is 17.2 Å². The smallest absolute Gasteiger partial charge is 0.410 e. The Kier molecular flexibility index (Phi) is 5.35. The molecule has 2 atom stereocenters. The Morgan fingerprint density at radius 2 is 1.69 bits per heavy atom. The van der Waals surface area contributed by atoms with Crippen LogP contribution in [0.25, 0.3) is 0 Å². The van der Waals surface area contributed by atoms with E-state index in [2.05, 4.69) is 0 Å². The van der Waals surface area contributed by atoms with Crippen LogP contribution in [-0.4, -0.2) is 34.5 Å². The number of carbonyl (C=O) groups excluding carboxylic acids is 2. The molecule has 0 N–H and O–H groups in total. The van der Waals surface area contributed by atoms with Gasteiger partial charge in [-0.25, -0.2) is 9.18 Å². The number of rotatable bonds is 4. The highest BCUT2D eigenvalue weighted by atomic mass is 19.1. The van der Waals surface area contributed by atoms with Gasteiger partial charge in [0.25, 0.3) is 0 Å². The predicted octanol–water partition coefficient (Wildman–Crippen LogP) is 4.51. The molecule has 2 aliphatic heterocycles. The molecule has 2 aliphatic rings. The summed E-state index contributed by atoms with van der Waals surface area (Å²) in [6, 6.07) is 6.56. The Morgan fingerprint density at radius 1 is 1.12 bits per heavy atom. The van der Waals surface area contributed by atoms with Crippen LogP contribution in [0.3, 0.4) is 0 Å². The predicted molar refractivity (Wildman–Crippen MR) is 97.3 cm³/mol. The van der Waals surface area contributed by atoms with Crippen LogP contribution in [0, 0.1) is 11.7 Å². The maximum Gasteiger partial charge on any atom is 0.410 e. The van der Waals surface area contributed by atoms with Crippen molar-refractivity contribution in [1.82, 2.24) is 4.90 Å². The number of nitrogens with zero attached hydrogens (tertiary/aromatic N) is 1. The number of fused-ring (bicyclic) bond motifs is 2. The summed E-state index contributed by atoms with van der Waals surface area (Å²) in [7, 11) is 0. The summed E-state index contributed by atoms with van der Waals surface area (Å²) in [5, 5.41) is 0. The molecule has 0 aliphatic carbocycles. The fourth-order valence-corrected chi connectivity index (χ4v) is 4.18. The van der Waals surface area contributed by atoms with Gasteiger partial charge in [-0.15, -0.1) is 0 Å². The van der Waals surface area contributed by atoms with E-state index in [1.165, 1.54) is 12.1 Å². The van der Waals surface area contributed by atoms with Gasteiger partial charge in [0, 0.05) is 24.4 Å². The van der Waals surface area contributed by atoms with Crippen molar-refractivity contribution in [2.75, 3.05) is 0 Å². The number of aryl methyl sites for hydroxylation is 1. The van der Waals surface area contributed by atoms with Gasteiger partial charge >= 0.3 is 6.09 Å². The molecule has 4 nitrogen and oxygen atoms in total. The van der Waals surface area contributed by atoms with Gasteiger partial charge in [-0.3, -0.25) is 4.79 Å². The fraction of sp³-hybridized carbons (Fsp3) is 0.619. The number of amides is 1. The van der Waals surface area contributed by atoms with Crippen LogP contribution in [0.1, 0.15) is 58.4 Å². The van der Waals surface area contributed by atoms with Crippen LogP contribution in [0.15, 0.2) is 24.3 Å². The van der Waals surface area contributed by atoms with E-state index in [4.69, 9.17) is 4.74 Å². The van der Waals surface area contributed by atoms with Gasteiger partial charge < -0.3 is 9.64 Å². The standard InChI is InChI=1S/C21H28FNO3/c1-21(2,3)26-20(25)23-17-9-10-18(23)13-15(12-17)19(24)11-6-14-4-7-16(22)8-5-14/h4-5,7-8,15,17-18H,6,9-13H2,1-3H3. The lowest BCUT2D eigenvalue weighted by Gasteiger charge is -2.39. The van der Waals surface area contributed by atoms with Crippen LogP contribution in [0.5, 0.6) is 0 Å². The molecule has 2 unspecified atom stereocenters. The van der Waals surface area contributed by atoms with E-state index in [0.717, 1.165) is 31.2 Å². The zero-order valence-corrected chi connectivity index (χ0v) is 15.8. The lowest BCUT2D eigenvalue weighted by molar-refractivity contribution is -0.125. The van der Waals surface area contributed by atoms with Crippen LogP contribution < -0.4 is 0 Å². The second-order valence-electron chi connectivity index (χ2n) is 8.53. The summed E-state index contributed by atoms with van der Waals surface area (Å²) in [5.41, 5.74) is 0.479. The van der Waals surface area contributed by atoms with Crippen molar-refractivity contribution in [1.29, 1.82) is 0 Å². The number of benzene rings is 1. The molecule has 0 radical (unpaired) electrons. The lowest BCUT2D eigenvalue weighted by Crippen LogP contribution is -2.49. The first-order valence-corrected chi connectivity index (χ1v) is 9.51. The molecule has 2 bridgehead atoms. The molecule has 1 aromatic carbocycles. The van der Waals surface area contributed by atoms with Crippen molar-refractivity contribution >= 4 is 11.9 Å². The molecule has 2 heterocycles. The molecular weight excluding hydrogens is 333 g/mol. The number of carbonyl (C=O) groups is 2. The molecule has 3 rings (SSSR count). The number of hydrogen-bond acceptors (Lipinski definition) is 3. The van der Waals surface area contributed by atoms with E-state index < -0.39 is 5.60 Å². The first-order chi connectivity index (χ1) is 12.2. The average molecular weight is 361 g/mol. The normalized spacial score (nSPS) is 25.2. The topological polar surface area (TPSA) is 46.6 Å². The summed E-state index contributed by atoms with van der Waals surface area (Å²) in [5.74, 6) is 0.0212. The zero-order chi connectivity index (χ0) is 18.9. The molecule has 0 aromatic heterocycles. The number of Topliss-reactive ketones (excluding diaryl/α,β-unsaturated/α-hetero) is 1. The van der Waals surface area contributed by atoms with Gasteiger partial charge in [0.15, 0.2) is 0 Å². The fourth-order valence-electron chi connectivity index (χ4n) is 4.18. The maximum absolute atomic E-state index is 13.0. The van der Waals surface area contributed by atoms with Crippen molar-refractivity contribution in [3.63, 3.8) is 0 Å². The molecule has 142 valence electrons. The van der Waals surface area contributed by atoms with Gasteiger partial charge in [-0.1, -0.05) is 12.1 Å². The highest BCUT2D eigenvalue weighted by molar-refractivity contribution is 5.82. The van der Waals surface area contributed by atoms with E-state index in [-0.39, 0.29) is 35.7 Å². The van der Waals surface area contributed by atoms with Gasteiger partial charge in [0.2, 0.25) is 0 Å². The SMILES string of the molecule is CC(C)(C)OC(=O)N1C2CCC1CC(C(=O)CCc1ccc(F)cc1)C2. The van der Waals surface area contributed by atoms with Gasteiger partial charge in [-0.05, 0) is 70.6 Å². The first kappa shape index (κ1) is 18.9. The second-order valence-corrected chi connectivity index (χ2v) is 8.53. The van der Waals surface area contributed by atoms with E-state index in [0.29, 0.717) is 12.8 Å². The van der Waals surface area contributed by atoms with Crippen molar-refractivity contribution in [3.8, 4) is 0 Å². The number of halogens is 1. The van der Waals surface area contributed by atoms with Crippen LogP contribution in [0.2, 0.25) is 0 Å². The van der Waals surface area contributed by atoms with Crippen molar-refractivity contribution in [3.05, 3.63) is 35.6 Å². The largest absolute Gasteiger partial charge is 0.444 e. The van der Waals surface area contributed by atoms with Crippen LogP contribution >= 0.6 is 0 Å². The van der Waals surface area contributed by atoms with Gasteiger partial charge in [0.05, 0.1) is 0 Å². The molecule has 0 spiro atoms. The van der Waals surface area contributed by atoms with Crippen LogP contribution in [-0.2, 0) is 16.0 Å². The molecule has 1 aromatic rings. The minimum absolute atomic E-state index is 0.0200. The maximum atomic E-state index is 13.0. The van der Waals surface area contributed by atoms with E-state index >= 15 is 0 Å².